The number of methoxy groups -OCH3 is 2. The van der Waals surface area contributed by atoms with Gasteiger partial charge < -0.3 is 81.5 Å². The SMILES string of the molecule is COCCOCCOCCOCCOCCOCCC1(CCOCCOCCOCCOCCOCCOC)C=C(C)c2cc3c(cc2N1CCCS(=O)(=O)O)OC(C(C)(C)C)=CC3=CC=CC=CC1=[N+](CCCS(=O)(=O)O)c2ccc(S(=O)(=O)O)cc2C1(C)CCCC(=O)On1c(O)ccc1O. The number of hydrogen-bond donors (Lipinski definition) is 5. The Labute approximate surface area is 606 Å². The van der Waals surface area contributed by atoms with E-state index in [1.807, 2.05) is 65.0 Å². The van der Waals surface area contributed by atoms with Crippen molar-refractivity contribution in [2.24, 2.45) is 5.41 Å². The first-order valence-electron chi connectivity index (χ1n) is 34.4. The predicted molar refractivity (Wildman–Crippen MR) is 384 cm³/mol. The van der Waals surface area contributed by atoms with Crippen molar-refractivity contribution in [3.05, 3.63) is 107 Å². The van der Waals surface area contributed by atoms with Crippen molar-refractivity contribution in [1.29, 1.82) is 0 Å². The normalized spacial score (nSPS) is 16.6. The molecule has 1 atom stereocenters. The van der Waals surface area contributed by atoms with Crippen LogP contribution in [0.15, 0.2) is 95.7 Å². The second kappa shape index (κ2) is 43.0. The Hall–Kier alpha value is -5.99. The van der Waals surface area contributed by atoms with Crippen molar-refractivity contribution in [1.82, 2.24) is 4.73 Å². The first-order chi connectivity index (χ1) is 49.1. The van der Waals surface area contributed by atoms with E-state index in [0.717, 1.165) is 40.1 Å². The molecule has 5 N–H and O–H groups in total. The smallest absolute Gasteiger partial charge is 0.333 e. The predicted octanol–water partition coefficient (Wildman–Crippen LogP) is 7.60. The van der Waals surface area contributed by atoms with Crippen LogP contribution >= 0.6 is 0 Å². The molecule has 0 bridgehead atoms. The van der Waals surface area contributed by atoms with Crippen LogP contribution in [0.5, 0.6) is 17.5 Å². The summed E-state index contributed by atoms with van der Waals surface area (Å²) in [5, 5.41) is 20.2. The lowest BCUT2D eigenvalue weighted by Gasteiger charge is -2.48. The van der Waals surface area contributed by atoms with Crippen molar-refractivity contribution in [2.45, 2.75) is 95.4 Å². The topological polar surface area (TPSA) is 361 Å². The van der Waals surface area contributed by atoms with Crippen LogP contribution in [-0.2, 0) is 97.4 Å². The van der Waals surface area contributed by atoms with Crippen molar-refractivity contribution in [2.75, 3.05) is 189 Å². The summed E-state index contributed by atoms with van der Waals surface area (Å²) < 4.78 is 181. The molecule has 2 aromatic carbocycles. The number of aromatic nitrogens is 1. The highest BCUT2D eigenvalue weighted by Gasteiger charge is 2.48. The van der Waals surface area contributed by atoms with Gasteiger partial charge in [-0.3, -0.25) is 13.7 Å². The Kier molecular flexibility index (Phi) is 35.9. The van der Waals surface area contributed by atoms with Crippen molar-refractivity contribution < 1.29 is 125 Å². The average Bonchev–Trinajstić information content (AvgIpc) is 1.67. The molecule has 32 heteroatoms. The zero-order valence-corrected chi connectivity index (χ0v) is 62.7. The number of anilines is 1. The molecule has 103 heavy (non-hydrogen) atoms. The Bertz CT molecular complexity index is 3650. The lowest BCUT2D eigenvalue weighted by atomic mass is 9.75. The number of nitrogens with zero attached hydrogens (tertiary/aromatic N) is 3. The molecule has 0 spiro atoms. The Morgan fingerprint density at radius 3 is 1.55 bits per heavy atom. The molecule has 1 aromatic heterocycles. The van der Waals surface area contributed by atoms with E-state index in [4.69, 9.17) is 66.4 Å². The largest absolute Gasteiger partial charge is 0.492 e. The lowest BCUT2D eigenvalue weighted by molar-refractivity contribution is -0.437. The molecule has 6 rings (SSSR count). The van der Waals surface area contributed by atoms with Crippen molar-refractivity contribution in [3.8, 4) is 17.5 Å². The van der Waals surface area contributed by atoms with Crippen LogP contribution in [0.2, 0.25) is 0 Å². The number of rotatable bonds is 53. The van der Waals surface area contributed by atoms with Gasteiger partial charge >= 0.3 is 5.97 Å². The van der Waals surface area contributed by atoms with Crippen LogP contribution in [0.1, 0.15) is 96.3 Å². The molecular formula is C71H106N3O26S3+. The van der Waals surface area contributed by atoms with Crippen molar-refractivity contribution in [3.63, 3.8) is 0 Å². The minimum Gasteiger partial charge on any atom is -0.492 e. The van der Waals surface area contributed by atoms with Gasteiger partial charge in [0.25, 0.3) is 30.4 Å². The molecule has 0 amide bonds. The van der Waals surface area contributed by atoms with Crippen LogP contribution in [0.3, 0.4) is 0 Å². The van der Waals surface area contributed by atoms with E-state index in [9.17, 15) is 53.9 Å². The first-order valence-corrected chi connectivity index (χ1v) is 39.1. The van der Waals surface area contributed by atoms with Gasteiger partial charge in [-0.15, -0.1) is 4.73 Å². The third-order valence-electron chi connectivity index (χ3n) is 17.0. The van der Waals surface area contributed by atoms with E-state index >= 15 is 0 Å². The molecule has 0 saturated carbocycles. The van der Waals surface area contributed by atoms with Gasteiger partial charge in [0.05, 0.1) is 159 Å². The molecule has 3 aromatic rings. The van der Waals surface area contributed by atoms with Crippen LogP contribution < -0.4 is 14.5 Å². The number of aromatic hydroxyl groups is 2. The van der Waals surface area contributed by atoms with Crippen LogP contribution in [0.4, 0.5) is 11.4 Å². The second-order valence-corrected chi connectivity index (χ2v) is 30.3. The van der Waals surface area contributed by atoms with Gasteiger partial charge in [-0.1, -0.05) is 51.2 Å². The minimum absolute atomic E-state index is 0.0438. The maximum atomic E-state index is 13.1. The Morgan fingerprint density at radius 1 is 0.592 bits per heavy atom. The average molecular weight is 1510 g/mol. The highest BCUT2D eigenvalue weighted by Crippen LogP contribution is 2.50. The molecule has 0 aliphatic carbocycles. The summed E-state index contributed by atoms with van der Waals surface area (Å²) in [5.41, 5.74) is 3.11. The van der Waals surface area contributed by atoms with E-state index in [2.05, 4.69) is 11.0 Å². The fraction of sp³-hybridized carbons (Fsp3) is 0.606. The lowest BCUT2D eigenvalue weighted by Crippen LogP contribution is -2.52. The fourth-order valence-electron chi connectivity index (χ4n) is 11.8. The molecule has 578 valence electrons. The van der Waals surface area contributed by atoms with Gasteiger partial charge in [0, 0.05) is 105 Å². The monoisotopic (exact) mass is 1510 g/mol. The summed E-state index contributed by atoms with van der Waals surface area (Å²) in [6.45, 7) is 18.8. The zero-order valence-electron chi connectivity index (χ0n) is 60.3. The first kappa shape index (κ1) is 85.9. The van der Waals surface area contributed by atoms with Gasteiger partial charge in [0.1, 0.15) is 18.1 Å². The molecule has 3 aliphatic rings. The number of carbonyl (C=O) groups excluding carboxylic acids is 1. The van der Waals surface area contributed by atoms with Crippen LogP contribution in [0.25, 0.3) is 11.1 Å². The van der Waals surface area contributed by atoms with E-state index in [0.29, 0.717) is 165 Å². The molecule has 0 saturated heterocycles. The van der Waals surface area contributed by atoms with E-state index in [-0.39, 0.29) is 71.6 Å². The van der Waals surface area contributed by atoms with E-state index < -0.39 is 80.9 Å². The van der Waals surface area contributed by atoms with Crippen molar-refractivity contribution >= 4 is 64.6 Å². The van der Waals surface area contributed by atoms with E-state index in [1.165, 1.54) is 18.2 Å². The number of fused-ring (bicyclic) bond motifs is 3. The van der Waals surface area contributed by atoms with Gasteiger partial charge in [0.15, 0.2) is 5.71 Å². The van der Waals surface area contributed by atoms with Crippen LogP contribution in [-0.4, -0.2) is 260 Å². The number of allylic oxidation sites excluding steroid dienone is 9. The molecule has 1 unspecified atom stereocenters. The summed E-state index contributed by atoms with van der Waals surface area (Å²) in [5.74, 6) is -1.74. The molecule has 0 fully saturated rings. The molecular weight excluding hydrogens is 1410 g/mol. The fourth-order valence-corrected chi connectivity index (χ4v) is 13.3. The molecule has 4 heterocycles. The number of hydrogen-bond acceptors (Lipinski definition) is 24. The van der Waals surface area contributed by atoms with Gasteiger partial charge in [-0.05, 0) is 81.4 Å². The maximum Gasteiger partial charge on any atom is 0.333 e. The standard InChI is InChI=1S/C71H105N3O26S3/c1-55-54-71(22-26-89-32-34-93-40-42-97-46-44-95-38-36-91-30-28-87-6,23-27-90-33-35-94-41-43-98-47-45-96-39-37-92-31-29-88-7)73(25-13-49-102(81,82)83)62-53-63-59(52-58(55)62)56(50-65(99-63)69(2,3)4)14-9-8-10-15-64-70(5,21-11-16-68(77)100-74-66(75)19-20-67(74)76)60-51-57(103(84,85)86)17-18-61(60)72(64)24-12-48-101(78,79)80/h8-10,14-15,17-20,50-54H,11-13,16,21-49H2,1-7H3,(H4-,75,76,78,79,80,81,82,83,84,85,86)/p+1. The molecule has 0 radical (unpaired) electrons. The van der Waals surface area contributed by atoms with Gasteiger partial charge in [-0.2, -0.15) is 29.8 Å². The quantitative estimate of drug-likeness (QED) is 0.0157. The highest BCUT2D eigenvalue weighted by atomic mass is 32.2. The maximum absolute atomic E-state index is 13.1. The number of ether oxygens (including phenoxy) is 13. The summed E-state index contributed by atoms with van der Waals surface area (Å²) >= 11 is 0. The summed E-state index contributed by atoms with van der Waals surface area (Å²) in [6.07, 6.45) is 14.2. The molecule has 3 aliphatic heterocycles. The van der Waals surface area contributed by atoms with Gasteiger partial charge in [-0.25, -0.2) is 4.79 Å². The van der Waals surface area contributed by atoms with Gasteiger partial charge in [0.2, 0.25) is 17.4 Å². The minimum atomic E-state index is -4.72. The Morgan fingerprint density at radius 2 is 1.08 bits per heavy atom. The second-order valence-electron chi connectivity index (χ2n) is 25.7. The molecule has 29 nitrogen and oxygen atoms in total. The zero-order chi connectivity index (χ0) is 74.9. The number of benzene rings is 2. The highest BCUT2D eigenvalue weighted by molar-refractivity contribution is 7.86. The summed E-state index contributed by atoms with van der Waals surface area (Å²) in [6, 6.07) is 10.4. The summed E-state index contributed by atoms with van der Waals surface area (Å²) in [7, 11) is -10.2. The van der Waals surface area contributed by atoms with E-state index in [1.54, 1.807) is 37.0 Å². The third kappa shape index (κ3) is 28.7. The number of carbonyl (C=O) groups is 1. The van der Waals surface area contributed by atoms with Crippen LogP contribution in [0, 0.1) is 5.41 Å². The Balaban J connectivity index is 1.26. The third-order valence-corrected chi connectivity index (χ3v) is 19.4. The summed E-state index contributed by atoms with van der Waals surface area (Å²) in [4.78, 5) is 20.1.